The SMILES string of the molecule is CCn1c(SCC(=O)c2cccc(OC)c2)nnc1-c1ccccc1OC. The molecule has 0 unspecified atom stereocenters. The maximum atomic E-state index is 12.5. The fourth-order valence-electron chi connectivity index (χ4n) is 2.72. The zero-order valence-corrected chi connectivity index (χ0v) is 16.3. The minimum Gasteiger partial charge on any atom is -0.497 e. The number of ketones is 1. The molecule has 2 aromatic carbocycles. The van der Waals surface area contributed by atoms with E-state index in [-0.39, 0.29) is 11.5 Å². The van der Waals surface area contributed by atoms with Crippen LogP contribution in [0.1, 0.15) is 17.3 Å². The Bertz CT molecular complexity index is 940. The summed E-state index contributed by atoms with van der Waals surface area (Å²) in [6, 6.07) is 14.9. The highest BCUT2D eigenvalue weighted by Gasteiger charge is 2.17. The lowest BCUT2D eigenvalue weighted by Crippen LogP contribution is -2.05. The Morgan fingerprint density at radius 3 is 2.63 bits per heavy atom. The fraction of sp³-hybridized carbons (Fsp3) is 0.250. The molecule has 0 fully saturated rings. The van der Waals surface area contributed by atoms with Gasteiger partial charge in [-0.3, -0.25) is 4.79 Å². The van der Waals surface area contributed by atoms with Gasteiger partial charge in [-0.1, -0.05) is 36.0 Å². The van der Waals surface area contributed by atoms with Crippen molar-refractivity contribution in [3.63, 3.8) is 0 Å². The third-order valence-corrected chi connectivity index (χ3v) is 5.07. The number of hydrogen-bond acceptors (Lipinski definition) is 6. The molecule has 6 nitrogen and oxygen atoms in total. The number of ether oxygens (including phenoxy) is 2. The Kier molecular flexibility index (Phi) is 6.13. The number of carbonyl (C=O) groups is 1. The quantitative estimate of drug-likeness (QED) is 0.433. The number of carbonyl (C=O) groups excluding carboxylic acids is 1. The van der Waals surface area contributed by atoms with E-state index in [1.807, 2.05) is 47.9 Å². The van der Waals surface area contributed by atoms with Gasteiger partial charge in [0.2, 0.25) is 0 Å². The lowest BCUT2D eigenvalue weighted by molar-refractivity contribution is 0.102. The summed E-state index contributed by atoms with van der Waals surface area (Å²) >= 11 is 1.38. The largest absolute Gasteiger partial charge is 0.497 e. The van der Waals surface area contributed by atoms with E-state index in [2.05, 4.69) is 10.2 Å². The number of methoxy groups -OCH3 is 2. The maximum absolute atomic E-state index is 12.5. The monoisotopic (exact) mass is 383 g/mol. The van der Waals surface area contributed by atoms with E-state index in [0.29, 0.717) is 23.0 Å². The summed E-state index contributed by atoms with van der Waals surface area (Å²) in [7, 11) is 3.22. The minimum atomic E-state index is 0.0170. The summed E-state index contributed by atoms with van der Waals surface area (Å²) in [5.74, 6) is 2.43. The number of thioether (sulfide) groups is 1. The van der Waals surface area contributed by atoms with Crippen molar-refractivity contribution in [1.82, 2.24) is 14.8 Å². The van der Waals surface area contributed by atoms with Crippen molar-refractivity contribution in [2.45, 2.75) is 18.6 Å². The highest BCUT2D eigenvalue weighted by atomic mass is 32.2. The Morgan fingerprint density at radius 2 is 1.89 bits per heavy atom. The predicted molar refractivity (Wildman–Crippen MR) is 106 cm³/mol. The highest BCUT2D eigenvalue weighted by molar-refractivity contribution is 7.99. The molecule has 3 aromatic rings. The van der Waals surface area contributed by atoms with Crippen molar-refractivity contribution in [3.05, 3.63) is 54.1 Å². The summed E-state index contributed by atoms with van der Waals surface area (Å²) in [5.41, 5.74) is 1.50. The molecule has 0 radical (unpaired) electrons. The molecule has 0 saturated carbocycles. The van der Waals surface area contributed by atoms with Gasteiger partial charge in [0.05, 0.1) is 25.5 Å². The summed E-state index contributed by atoms with van der Waals surface area (Å²) in [6.45, 7) is 2.71. The summed E-state index contributed by atoms with van der Waals surface area (Å²) < 4.78 is 12.6. The third kappa shape index (κ3) is 4.14. The lowest BCUT2D eigenvalue weighted by atomic mass is 10.1. The molecule has 0 aliphatic carbocycles. The topological polar surface area (TPSA) is 66.2 Å². The van der Waals surface area contributed by atoms with E-state index in [1.165, 1.54) is 11.8 Å². The first kappa shape index (κ1) is 19.0. The first-order chi connectivity index (χ1) is 13.2. The first-order valence-corrected chi connectivity index (χ1v) is 9.53. The van der Waals surface area contributed by atoms with Gasteiger partial charge in [0, 0.05) is 12.1 Å². The van der Waals surface area contributed by atoms with E-state index in [0.717, 1.165) is 17.1 Å². The normalized spacial score (nSPS) is 10.6. The average Bonchev–Trinajstić information content (AvgIpc) is 3.14. The van der Waals surface area contributed by atoms with Crippen LogP contribution in [0.25, 0.3) is 11.4 Å². The van der Waals surface area contributed by atoms with Crippen LogP contribution in [0, 0.1) is 0 Å². The van der Waals surface area contributed by atoms with Gasteiger partial charge in [-0.2, -0.15) is 0 Å². The standard InChI is InChI=1S/C20H21N3O3S/c1-4-23-19(16-10-5-6-11-18(16)26-3)21-22-20(23)27-13-17(24)14-8-7-9-15(12-14)25-2/h5-12H,4,13H2,1-3H3. The number of Topliss-reactive ketones (excluding diaryl/α,β-unsaturated/α-hetero) is 1. The minimum absolute atomic E-state index is 0.0170. The van der Waals surface area contributed by atoms with Crippen molar-refractivity contribution in [1.29, 1.82) is 0 Å². The van der Waals surface area contributed by atoms with Gasteiger partial charge in [0.1, 0.15) is 11.5 Å². The maximum Gasteiger partial charge on any atom is 0.191 e. The molecule has 1 heterocycles. The van der Waals surface area contributed by atoms with E-state index in [1.54, 1.807) is 26.4 Å². The molecule has 0 amide bonds. The van der Waals surface area contributed by atoms with Gasteiger partial charge < -0.3 is 14.0 Å². The average molecular weight is 383 g/mol. The number of rotatable bonds is 8. The van der Waals surface area contributed by atoms with Crippen molar-refractivity contribution in [2.75, 3.05) is 20.0 Å². The molecule has 0 atom stereocenters. The lowest BCUT2D eigenvalue weighted by Gasteiger charge is -2.10. The Labute approximate surface area is 162 Å². The Hall–Kier alpha value is -2.80. The van der Waals surface area contributed by atoms with E-state index < -0.39 is 0 Å². The van der Waals surface area contributed by atoms with Crippen molar-refractivity contribution >= 4 is 17.5 Å². The molecule has 0 spiro atoms. The van der Waals surface area contributed by atoms with Crippen LogP contribution in [0.5, 0.6) is 11.5 Å². The van der Waals surface area contributed by atoms with E-state index in [4.69, 9.17) is 9.47 Å². The van der Waals surface area contributed by atoms with Crippen LogP contribution < -0.4 is 9.47 Å². The number of aromatic nitrogens is 3. The van der Waals surface area contributed by atoms with E-state index >= 15 is 0 Å². The molecule has 0 aliphatic heterocycles. The first-order valence-electron chi connectivity index (χ1n) is 8.54. The van der Waals surface area contributed by atoms with Crippen LogP contribution in [0.4, 0.5) is 0 Å². The smallest absolute Gasteiger partial charge is 0.191 e. The fourth-order valence-corrected chi connectivity index (χ4v) is 3.62. The predicted octanol–water partition coefficient (Wildman–Crippen LogP) is 3.96. The van der Waals surface area contributed by atoms with E-state index in [9.17, 15) is 4.79 Å². The zero-order valence-electron chi connectivity index (χ0n) is 15.5. The van der Waals surface area contributed by atoms with Crippen molar-refractivity contribution < 1.29 is 14.3 Å². The molecule has 1 aromatic heterocycles. The number of hydrogen-bond donors (Lipinski definition) is 0. The third-order valence-electron chi connectivity index (χ3n) is 4.11. The second-order valence-electron chi connectivity index (χ2n) is 5.69. The van der Waals surface area contributed by atoms with Crippen LogP contribution in [0.3, 0.4) is 0 Å². The number of nitrogens with zero attached hydrogens (tertiary/aromatic N) is 3. The molecule has 0 aliphatic rings. The molecule has 140 valence electrons. The Balaban J connectivity index is 1.80. The van der Waals surface area contributed by atoms with Crippen LogP contribution in [0.2, 0.25) is 0 Å². The van der Waals surface area contributed by atoms with Crippen LogP contribution >= 0.6 is 11.8 Å². The molecule has 0 saturated heterocycles. The molecule has 3 rings (SSSR count). The number of benzene rings is 2. The van der Waals surface area contributed by atoms with Crippen molar-refractivity contribution in [3.8, 4) is 22.9 Å². The van der Waals surface area contributed by atoms with Gasteiger partial charge in [-0.25, -0.2) is 0 Å². The van der Waals surface area contributed by atoms with Crippen LogP contribution in [-0.2, 0) is 6.54 Å². The molecule has 7 heteroatoms. The second-order valence-corrected chi connectivity index (χ2v) is 6.64. The molecule has 0 bridgehead atoms. The van der Waals surface area contributed by atoms with Gasteiger partial charge >= 0.3 is 0 Å². The summed E-state index contributed by atoms with van der Waals surface area (Å²) in [4.78, 5) is 12.5. The van der Waals surface area contributed by atoms with Gasteiger partial charge in [-0.05, 0) is 31.2 Å². The summed E-state index contributed by atoms with van der Waals surface area (Å²) in [5, 5.41) is 9.31. The Morgan fingerprint density at radius 1 is 1.07 bits per heavy atom. The van der Waals surface area contributed by atoms with Crippen molar-refractivity contribution in [2.24, 2.45) is 0 Å². The van der Waals surface area contributed by atoms with Gasteiger partial charge in [-0.15, -0.1) is 10.2 Å². The van der Waals surface area contributed by atoms with Crippen LogP contribution in [-0.4, -0.2) is 40.5 Å². The molecule has 27 heavy (non-hydrogen) atoms. The molecular formula is C20H21N3O3S. The van der Waals surface area contributed by atoms with Crippen LogP contribution in [0.15, 0.2) is 53.7 Å². The molecule has 0 N–H and O–H groups in total. The highest BCUT2D eigenvalue weighted by Crippen LogP contribution is 2.31. The summed E-state index contributed by atoms with van der Waals surface area (Å²) in [6.07, 6.45) is 0. The van der Waals surface area contributed by atoms with Gasteiger partial charge in [0.25, 0.3) is 0 Å². The second kappa shape index (κ2) is 8.73. The van der Waals surface area contributed by atoms with Gasteiger partial charge in [0.15, 0.2) is 16.8 Å². The zero-order chi connectivity index (χ0) is 19.2. The molecular weight excluding hydrogens is 362 g/mol. The number of para-hydroxylation sites is 1.